The molecule has 0 aliphatic carbocycles. The Kier molecular flexibility index (Phi) is 6.71. The van der Waals surface area contributed by atoms with E-state index in [0.717, 1.165) is 17.6 Å². The largest absolute Gasteiger partial charge is 0.462 e. The predicted molar refractivity (Wildman–Crippen MR) is 60.4 cm³/mol. The van der Waals surface area contributed by atoms with Gasteiger partial charge in [0.25, 0.3) is 0 Å². The molecular weight excluding hydrogens is 192 g/mol. The molecule has 0 bridgehead atoms. The topological polar surface area (TPSA) is 46.5 Å². The smallest absolute Gasteiger partial charge is 0.302 e. The van der Waals surface area contributed by atoms with Crippen LogP contribution < -0.4 is 0 Å². The molecule has 3 nitrogen and oxygen atoms in total. The Balaban J connectivity index is 3.77. The first-order valence-electron chi connectivity index (χ1n) is 5.06. The molecule has 0 aromatic rings. The minimum absolute atomic E-state index is 0.277. The van der Waals surface area contributed by atoms with Crippen LogP contribution >= 0.6 is 0 Å². The van der Waals surface area contributed by atoms with Crippen LogP contribution in [-0.4, -0.2) is 23.8 Å². The predicted octanol–water partition coefficient (Wildman–Crippen LogP) is 2.21. The SMILES string of the molecule is C=C(C)C(O)CC/C(C)=C\COC(C)=O. The van der Waals surface area contributed by atoms with Gasteiger partial charge in [0.05, 0.1) is 6.10 Å². The number of aliphatic hydroxyl groups is 1. The van der Waals surface area contributed by atoms with E-state index in [1.807, 2.05) is 19.9 Å². The van der Waals surface area contributed by atoms with Crippen molar-refractivity contribution in [2.24, 2.45) is 0 Å². The zero-order valence-electron chi connectivity index (χ0n) is 9.75. The molecule has 0 aliphatic rings. The lowest BCUT2D eigenvalue weighted by Crippen LogP contribution is -2.07. The highest BCUT2D eigenvalue weighted by Gasteiger charge is 2.04. The Morgan fingerprint density at radius 1 is 1.47 bits per heavy atom. The minimum Gasteiger partial charge on any atom is -0.462 e. The van der Waals surface area contributed by atoms with E-state index in [1.165, 1.54) is 6.92 Å². The summed E-state index contributed by atoms with van der Waals surface area (Å²) in [7, 11) is 0. The van der Waals surface area contributed by atoms with Crippen LogP contribution in [0.1, 0.15) is 33.6 Å². The van der Waals surface area contributed by atoms with Crippen LogP contribution in [0.4, 0.5) is 0 Å². The number of esters is 1. The number of hydrogen-bond acceptors (Lipinski definition) is 3. The zero-order chi connectivity index (χ0) is 11.8. The molecule has 0 amide bonds. The summed E-state index contributed by atoms with van der Waals surface area (Å²) >= 11 is 0. The standard InChI is InChI=1S/C12H20O3/c1-9(2)12(14)6-5-10(3)7-8-15-11(4)13/h7,12,14H,1,5-6,8H2,2-4H3/b10-7-. The van der Waals surface area contributed by atoms with Crippen molar-refractivity contribution in [3.05, 3.63) is 23.8 Å². The molecule has 3 heteroatoms. The van der Waals surface area contributed by atoms with Gasteiger partial charge in [-0.3, -0.25) is 4.79 Å². The van der Waals surface area contributed by atoms with Gasteiger partial charge in [-0.05, 0) is 32.8 Å². The lowest BCUT2D eigenvalue weighted by atomic mass is 10.0. The third kappa shape index (κ3) is 7.94. The van der Waals surface area contributed by atoms with E-state index in [-0.39, 0.29) is 5.97 Å². The van der Waals surface area contributed by atoms with Gasteiger partial charge >= 0.3 is 5.97 Å². The third-order valence-electron chi connectivity index (χ3n) is 2.10. The summed E-state index contributed by atoms with van der Waals surface area (Å²) in [6, 6.07) is 0. The summed E-state index contributed by atoms with van der Waals surface area (Å²) < 4.78 is 4.77. The third-order valence-corrected chi connectivity index (χ3v) is 2.10. The van der Waals surface area contributed by atoms with Crippen molar-refractivity contribution in [3.8, 4) is 0 Å². The lowest BCUT2D eigenvalue weighted by Gasteiger charge is -2.09. The van der Waals surface area contributed by atoms with Crippen molar-refractivity contribution in [2.75, 3.05) is 6.61 Å². The van der Waals surface area contributed by atoms with Crippen molar-refractivity contribution in [2.45, 2.75) is 39.7 Å². The Labute approximate surface area is 91.4 Å². The molecular formula is C12H20O3. The normalized spacial score (nSPS) is 13.5. The van der Waals surface area contributed by atoms with Gasteiger partial charge in [0, 0.05) is 6.92 Å². The van der Waals surface area contributed by atoms with Crippen LogP contribution in [0.25, 0.3) is 0 Å². The van der Waals surface area contributed by atoms with E-state index in [9.17, 15) is 9.90 Å². The van der Waals surface area contributed by atoms with Crippen LogP contribution in [0.2, 0.25) is 0 Å². The molecule has 0 aromatic carbocycles. The number of aliphatic hydroxyl groups excluding tert-OH is 1. The number of hydrogen-bond donors (Lipinski definition) is 1. The lowest BCUT2D eigenvalue weighted by molar-refractivity contribution is -0.139. The van der Waals surface area contributed by atoms with Gasteiger partial charge < -0.3 is 9.84 Å². The van der Waals surface area contributed by atoms with E-state index in [4.69, 9.17) is 4.74 Å². The van der Waals surface area contributed by atoms with Crippen molar-refractivity contribution in [1.82, 2.24) is 0 Å². The maximum atomic E-state index is 10.5. The first-order valence-corrected chi connectivity index (χ1v) is 5.06. The highest BCUT2D eigenvalue weighted by Crippen LogP contribution is 2.11. The van der Waals surface area contributed by atoms with Crippen LogP contribution in [-0.2, 0) is 9.53 Å². The summed E-state index contributed by atoms with van der Waals surface area (Å²) in [5, 5.41) is 9.48. The summed E-state index contributed by atoms with van der Waals surface area (Å²) in [5.74, 6) is -0.277. The summed E-state index contributed by atoms with van der Waals surface area (Å²) in [4.78, 5) is 10.5. The van der Waals surface area contributed by atoms with Crippen LogP contribution in [0.3, 0.4) is 0 Å². The quantitative estimate of drug-likeness (QED) is 0.542. The van der Waals surface area contributed by atoms with Crippen molar-refractivity contribution in [3.63, 3.8) is 0 Å². The van der Waals surface area contributed by atoms with Gasteiger partial charge in [-0.25, -0.2) is 0 Å². The molecule has 0 rings (SSSR count). The monoisotopic (exact) mass is 212 g/mol. The molecule has 0 heterocycles. The number of carbonyl (C=O) groups is 1. The van der Waals surface area contributed by atoms with Crippen molar-refractivity contribution < 1.29 is 14.6 Å². The Morgan fingerprint density at radius 2 is 2.07 bits per heavy atom. The maximum absolute atomic E-state index is 10.5. The molecule has 0 saturated carbocycles. The van der Waals surface area contributed by atoms with Gasteiger partial charge in [-0.2, -0.15) is 0 Å². The average Bonchev–Trinajstić information content (AvgIpc) is 2.13. The number of allylic oxidation sites excluding steroid dienone is 1. The number of carbonyl (C=O) groups excluding carboxylic acids is 1. The second-order valence-electron chi connectivity index (χ2n) is 3.75. The van der Waals surface area contributed by atoms with Crippen molar-refractivity contribution >= 4 is 5.97 Å². The summed E-state index contributed by atoms with van der Waals surface area (Å²) in [6.07, 6.45) is 2.86. The molecule has 1 atom stereocenters. The molecule has 0 spiro atoms. The Hall–Kier alpha value is -1.09. The first kappa shape index (κ1) is 13.9. The summed E-state index contributed by atoms with van der Waals surface area (Å²) in [6.45, 7) is 9.13. The summed E-state index contributed by atoms with van der Waals surface area (Å²) in [5.41, 5.74) is 1.89. The zero-order valence-corrected chi connectivity index (χ0v) is 9.75. The molecule has 1 unspecified atom stereocenters. The van der Waals surface area contributed by atoms with Crippen LogP contribution in [0.5, 0.6) is 0 Å². The highest BCUT2D eigenvalue weighted by molar-refractivity contribution is 5.66. The first-order chi connectivity index (χ1) is 6.93. The highest BCUT2D eigenvalue weighted by atomic mass is 16.5. The second kappa shape index (κ2) is 7.23. The Morgan fingerprint density at radius 3 is 2.53 bits per heavy atom. The average molecular weight is 212 g/mol. The van der Waals surface area contributed by atoms with E-state index < -0.39 is 6.10 Å². The molecule has 0 aromatic heterocycles. The number of ether oxygens (including phenoxy) is 1. The van der Waals surface area contributed by atoms with Gasteiger partial charge in [0.2, 0.25) is 0 Å². The van der Waals surface area contributed by atoms with E-state index >= 15 is 0 Å². The van der Waals surface area contributed by atoms with Crippen LogP contribution in [0, 0.1) is 0 Å². The van der Waals surface area contributed by atoms with Gasteiger partial charge in [0.15, 0.2) is 0 Å². The van der Waals surface area contributed by atoms with Crippen LogP contribution in [0.15, 0.2) is 23.8 Å². The maximum Gasteiger partial charge on any atom is 0.302 e. The minimum atomic E-state index is -0.443. The van der Waals surface area contributed by atoms with E-state index in [1.54, 1.807) is 0 Å². The molecule has 0 radical (unpaired) electrons. The van der Waals surface area contributed by atoms with Gasteiger partial charge in [-0.15, -0.1) is 0 Å². The fourth-order valence-electron chi connectivity index (χ4n) is 1.01. The van der Waals surface area contributed by atoms with E-state index in [0.29, 0.717) is 13.0 Å². The molecule has 15 heavy (non-hydrogen) atoms. The molecule has 86 valence electrons. The fourth-order valence-corrected chi connectivity index (χ4v) is 1.01. The fraction of sp³-hybridized carbons (Fsp3) is 0.583. The van der Waals surface area contributed by atoms with Gasteiger partial charge in [0.1, 0.15) is 6.61 Å². The Bertz CT molecular complexity index is 254. The molecule has 1 N–H and O–H groups in total. The molecule has 0 saturated heterocycles. The van der Waals surface area contributed by atoms with E-state index in [2.05, 4.69) is 6.58 Å². The second-order valence-corrected chi connectivity index (χ2v) is 3.75. The molecule has 0 aliphatic heterocycles. The van der Waals surface area contributed by atoms with Gasteiger partial charge in [-0.1, -0.05) is 17.7 Å². The molecule has 0 fully saturated rings. The van der Waals surface area contributed by atoms with Crippen molar-refractivity contribution in [1.29, 1.82) is 0 Å². The number of rotatable bonds is 6.